The average Bonchev–Trinajstić information content (AvgIpc) is 2.46. The number of aliphatic hydroxyl groups is 1. The fourth-order valence-corrected chi connectivity index (χ4v) is 1.58. The maximum atomic E-state index is 11.7. The largest absolute Gasteiger partial charge is 0.387 e. The molecule has 0 saturated heterocycles. The molecule has 0 aliphatic rings. The minimum atomic E-state index is -0.702. The molecule has 1 amide bonds. The number of rotatable bonds is 4. The minimum absolute atomic E-state index is 0.178. The highest BCUT2D eigenvalue weighted by Crippen LogP contribution is 2.10. The summed E-state index contributed by atoms with van der Waals surface area (Å²) in [5, 5.41) is 12.6. The molecule has 18 heavy (non-hydrogen) atoms. The van der Waals surface area contributed by atoms with Gasteiger partial charge in [-0.2, -0.15) is 0 Å². The predicted molar refractivity (Wildman–Crippen MR) is 68.0 cm³/mol. The van der Waals surface area contributed by atoms with E-state index in [2.05, 4.69) is 10.3 Å². The summed E-state index contributed by atoms with van der Waals surface area (Å²) in [5.41, 5.74) is 1.27. The van der Waals surface area contributed by atoms with Crippen molar-refractivity contribution in [3.8, 4) is 0 Å². The van der Waals surface area contributed by atoms with Gasteiger partial charge in [0.25, 0.3) is 5.91 Å². The van der Waals surface area contributed by atoms with Crippen LogP contribution in [0.5, 0.6) is 0 Å². The zero-order chi connectivity index (χ0) is 12.8. The summed E-state index contributed by atoms with van der Waals surface area (Å²) in [6, 6.07) is 12.6. The van der Waals surface area contributed by atoms with Gasteiger partial charge in [-0.25, -0.2) is 0 Å². The smallest absolute Gasteiger partial charge is 0.252 e. The summed E-state index contributed by atoms with van der Waals surface area (Å²) >= 11 is 0. The minimum Gasteiger partial charge on any atom is -0.387 e. The number of hydrogen-bond acceptors (Lipinski definition) is 3. The predicted octanol–water partition coefficient (Wildman–Crippen LogP) is 1.55. The molecule has 92 valence electrons. The molecule has 4 heteroatoms. The lowest BCUT2D eigenvalue weighted by Crippen LogP contribution is -2.28. The number of carbonyl (C=O) groups excluding carboxylic acids is 1. The van der Waals surface area contributed by atoms with Gasteiger partial charge in [0.15, 0.2) is 0 Å². The maximum Gasteiger partial charge on any atom is 0.252 e. The summed E-state index contributed by atoms with van der Waals surface area (Å²) in [6.45, 7) is 0.178. The lowest BCUT2D eigenvalue weighted by Gasteiger charge is -2.11. The Balaban J connectivity index is 1.91. The zero-order valence-electron chi connectivity index (χ0n) is 9.78. The van der Waals surface area contributed by atoms with E-state index in [1.165, 1.54) is 6.20 Å². The summed E-state index contributed by atoms with van der Waals surface area (Å²) in [4.78, 5) is 15.6. The van der Waals surface area contributed by atoms with Gasteiger partial charge in [0.1, 0.15) is 0 Å². The SMILES string of the molecule is O=C(NC[C@@H](O)c1ccccc1)c1cccnc1. The topological polar surface area (TPSA) is 62.2 Å². The Morgan fingerprint density at radius 1 is 1.22 bits per heavy atom. The van der Waals surface area contributed by atoms with Gasteiger partial charge in [0.2, 0.25) is 0 Å². The summed E-state index contributed by atoms with van der Waals surface area (Å²) < 4.78 is 0. The Morgan fingerprint density at radius 2 is 2.00 bits per heavy atom. The van der Waals surface area contributed by atoms with E-state index in [-0.39, 0.29) is 12.5 Å². The molecule has 4 nitrogen and oxygen atoms in total. The number of nitrogens with one attached hydrogen (secondary N) is 1. The van der Waals surface area contributed by atoms with Crippen molar-refractivity contribution in [2.45, 2.75) is 6.10 Å². The lowest BCUT2D eigenvalue weighted by molar-refractivity contribution is 0.0916. The van der Waals surface area contributed by atoms with Crippen molar-refractivity contribution in [1.82, 2.24) is 10.3 Å². The Hall–Kier alpha value is -2.20. The molecule has 0 radical (unpaired) electrons. The Morgan fingerprint density at radius 3 is 2.67 bits per heavy atom. The number of pyridine rings is 1. The third-order valence-electron chi connectivity index (χ3n) is 2.56. The second kappa shape index (κ2) is 5.93. The maximum absolute atomic E-state index is 11.7. The van der Waals surface area contributed by atoms with Crippen LogP contribution in [0.1, 0.15) is 22.0 Å². The van der Waals surface area contributed by atoms with Gasteiger partial charge in [0.05, 0.1) is 11.7 Å². The first-order chi connectivity index (χ1) is 8.77. The monoisotopic (exact) mass is 242 g/mol. The first-order valence-corrected chi connectivity index (χ1v) is 5.68. The van der Waals surface area contributed by atoms with Crippen LogP contribution in [0.3, 0.4) is 0 Å². The van der Waals surface area contributed by atoms with Crippen LogP contribution < -0.4 is 5.32 Å². The van der Waals surface area contributed by atoms with Crippen molar-refractivity contribution in [3.63, 3.8) is 0 Å². The highest BCUT2D eigenvalue weighted by molar-refractivity contribution is 5.93. The van der Waals surface area contributed by atoms with Crippen molar-refractivity contribution < 1.29 is 9.90 Å². The molecule has 0 bridgehead atoms. The van der Waals surface area contributed by atoms with Crippen LogP contribution in [0.25, 0.3) is 0 Å². The van der Waals surface area contributed by atoms with E-state index in [4.69, 9.17) is 0 Å². The number of amides is 1. The van der Waals surface area contributed by atoms with E-state index in [1.807, 2.05) is 30.3 Å². The highest BCUT2D eigenvalue weighted by atomic mass is 16.3. The number of hydrogen-bond donors (Lipinski definition) is 2. The standard InChI is InChI=1S/C14H14N2O2/c17-13(11-5-2-1-3-6-11)10-16-14(18)12-7-4-8-15-9-12/h1-9,13,17H,10H2,(H,16,18)/t13-/m1/s1. The molecule has 0 fully saturated rings. The van der Waals surface area contributed by atoms with E-state index >= 15 is 0 Å². The lowest BCUT2D eigenvalue weighted by atomic mass is 10.1. The van der Waals surface area contributed by atoms with Gasteiger partial charge < -0.3 is 10.4 Å². The Kier molecular flexibility index (Phi) is 4.04. The molecular weight excluding hydrogens is 228 g/mol. The van der Waals surface area contributed by atoms with Gasteiger partial charge in [-0.05, 0) is 17.7 Å². The first-order valence-electron chi connectivity index (χ1n) is 5.68. The van der Waals surface area contributed by atoms with Crippen LogP contribution >= 0.6 is 0 Å². The highest BCUT2D eigenvalue weighted by Gasteiger charge is 2.10. The van der Waals surface area contributed by atoms with E-state index < -0.39 is 6.10 Å². The van der Waals surface area contributed by atoms with Gasteiger partial charge in [0, 0.05) is 18.9 Å². The summed E-state index contributed by atoms with van der Waals surface area (Å²) in [5.74, 6) is -0.238. The molecule has 2 rings (SSSR count). The van der Waals surface area contributed by atoms with Crippen molar-refractivity contribution in [1.29, 1.82) is 0 Å². The quantitative estimate of drug-likeness (QED) is 0.855. The molecular formula is C14H14N2O2. The van der Waals surface area contributed by atoms with Crippen molar-refractivity contribution in [3.05, 3.63) is 66.0 Å². The molecule has 0 unspecified atom stereocenters. The number of nitrogens with zero attached hydrogens (tertiary/aromatic N) is 1. The fourth-order valence-electron chi connectivity index (χ4n) is 1.58. The zero-order valence-corrected chi connectivity index (χ0v) is 9.78. The van der Waals surface area contributed by atoms with Crippen molar-refractivity contribution in [2.24, 2.45) is 0 Å². The number of aromatic nitrogens is 1. The Labute approximate surface area is 105 Å². The molecule has 0 saturated carbocycles. The third-order valence-corrected chi connectivity index (χ3v) is 2.56. The van der Waals surface area contributed by atoms with E-state index in [1.54, 1.807) is 18.3 Å². The molecule has 0 spiro atoms. The van der Waals surface area contributed by atoms with Gasteiger partial charge in [-0.3, -0.25) is 9.78 Å². The molecule has 0 aliphatic carbocycles. The van der Waals surface area contributed by atoms with Gasteiger partial charge in [-0.15, -0.1) is 0 Å². The van der Waals surface area contributed by atoms with E-state index in [0.29, 0.717) is 5.56 Å². The molecule has 1 heterocycles. The van der Waals surface area contributed by atoms with Gasteiger partial charge in [-0.1, -0.05) is 30.3 Å². The second-order valence-electron chi connectivity index (χ2n) is 3.88. The van der Waals surface area contributed by atoms with E-state index in [9.17, 15) is 9.90 Å². The molecule has 1 aromatic carbocycles. The van der Waals surface area contributed by atoms with Crippen molar-refractivity contribution in [2.75, 3.05) is 6.54 Å². The number of aliphatic hydroxyl groups excluding tert-OH is 1. The van der Waals surface area contributed by atoms with Crippen LogP contribution in [0.15, 0.2) is 54.9 Å². The fraction of sp³-hybridized carbons (Fsp3) is 0.143. The Bertz CT molecular complexity index is 500. The molecule has 2 N–H and O–H groups in total. The van der Waals surface area contributed by atoms with Crippen LogP contribution in [0, 0.1) is 0 Å². The molecule has 1 atom stereocenters. The normalized spacial score (nSPS) is 11.8. The summed E-state index contributed by atoms with van der Waals surface area (Å²) in [7, 11) is 0. The van der Waals surface area contributed by atoms with Crippen LogP contribution in [0.4, 0.5) is 0 Å². The van der Waals surface area contributed by atoms with Crippen LogP contribution in [0.2, 0.25) is 0 Å². The first kappa shape index (κ1) is 12.3. The van der Waals surface area contributed by atoms with Crippen LogP contribution in [-0.2, 0) is 0 Å². The van der Waals surface area contributed by atoms with Crippen LogP contribution in [-0.4, -0.2) is 22.5 Å². The third kappa shape index (κ3) is 3.15. The number of benzene rings is 1. The second-order valence-corrected chi connectivity index (χ2v) is 3.88. The summed E-state index contributed by atoms with van der Waals surface area (Å²) in [6.07, 6.45) is 2.40. The van der Waals surface area contributed by atoms with Crippen molar-refractivity contribution >= 4 is 5.91 Å². The molecule has 2 aromatic rings. The average molecular weight is 242 g/mol. The van der Waals surface area contributed by atoms with Gasteiger partial charge >= 0.3 is 0 Å². The molecule has 1 aromatic heterocycles. The number of carbonyl (C=O) groups is 1. The van der Waals surface area contributed by atoms with E-state index in [0.717, 1.165) is 5.56 Å². The molecule has 0 aliphatic heterocycles.